The zero-order valence-electron chi connectivity index (χ0n) is 18.5. The molecule has 0 aliphatic rings. The number of alkyl halides is 3. The molecule has 2 aromatic heterocycles. The number of benzene rings is 2. The molecule has 0 aliphatic heterocycles. The molecule has 0 atom stereocenters. The van der Waals surface area contributed by atoms with Gasteiger partial charge in [0.15, 0.2) is 0 Å². The molecule has 172 valence electrons. The lowest BCUT2D eigenvalue weighted by molar-refractivity contribution is -0.137. The van der Waals surface area contributed by atoms with Gasteiger partial charge in [0.1, 0.15) is 0 Å². The lowest BCUT2D eigenvalue weighted by Gasteiger charge is -2.11. The van der Waals surface area contributed by atoms with Gasteiger partial charge in [-0.15, -0.1) is 11.3 Å². The third-order valence-corrected chi connectivity index (χ3v) is 5.82. The summed E-state index contributed by atoms with van der Waals surface area (Å²) in [6, 6.07) is 13.7. The Kier molecular flexibility index (Phi) is 7.71. The Labute approximate surface area is 199 Å². The number of nitrogens with one attached hydrogen (secondary N) is 1. The Balaban J connectivity index is 0.00000149. The fourth-order valence-electron chi connectivity index (χ4n) is 3.03. The van der Waals surface area contributed by atoms with Crippen LogP contribution in [0.2, 0.25) is 5.02 Å². The highest BCUT2D eigenvalue weighted by molar-refractivity contribution is 7.15. The third kappa shape index (κ3) is 6.09. The molecule has 0 fully saturated rings. The molecule has 0 saturated heterocycles. The smallest absolute Gasteiger partial charge is 0.324 e. The van der Waals surface area contributed by atoms with E-state index in [4.69, 9.17) is 11.6 Å². The molecule has 4 aromatic rings. The van der Waals surface area contributed by atoms with Gasteiger partial charge >= 0.3 is 6.18 Å². The summed E-state index contributed by atoms with van der Waals surface area (Å²) < 4.78 is 38.8. The number of aryl methyl sites for hydroxylation is 2. The first-order valence-corrected chi connectivity index (χ1v) is 11.4. The highest BCUT2D eigenvalue weighted by atomic mass is 35.5. The van der Waals surface area contributed by atoms with E-state index in [0.29, 0.717) is 27.9 Å². The van der Waals surface area contributed by atoms with Gasteiger partial charge < -0.3 is 5.32 Å². The van der Waals surface area contributed by atoms with Crippen LogP contribution in [-0.2, 0) is 6.18 Å². The number of aromatic nitrogens is 3. The summed E-state index contributed by atoms with van der Waals surface area (Å²) in [6.45, 7) is 7.80. The first-order chi connectivity index (χ1) is 15.7. The zero-order chi connectivity index (χ0) is 24.2. The second kappa shape index (κ2) is 10.3. The fourth-order valence-corrected chi connectivity index (χ4v) is 4.04. The third-order valence-electron chi connectivity index (χ3n) is 4.47. The van der Waals surface area contributed by atoms with Crippen LogP contribution in [0.5, 0.6) is 0 Å². The van der Waals surface area contributed by atoms with Crippen LogP contribution >= 0.6 is 22.9 Å². The summed E-state index contributed by atoms with van der Waals surface area (Å²) in [4.78, 5) is 14.5. The fraction of sp³-hybridized carbons (Fsp3) is 0.208. The van der Waals surface area contributed by atoms with Gasteiger partial charge in [0.2, 0.25) is 5.95 Å². The van der Waals surface area contributed by atoms with Crippen LogP contribution in [0.15, 0.2) is 54.6 Å². The molecule has 0 amide bonds. The molecule has 0 saturated carbocycles. The molecule has 0 aliphatic carbocycles. The minimum Gasteiger partial charge on any atom is -0.324 e. The lowest BCUT2D eigenvalue weighted by atomic mass is 10.1. The number of hydrogen-bond acceptors (Lipinski definition) is 5. The van der Waals surface area contributed by atoms with Crippen molar-refractivity contribution in [2.24, 2.45) is 0 Å². The summed E-state index contributed by atoms with van der Waals surface area (Å²) in [6.07, 6.45) is -4.39. The molecule has 0 unspecified atom stereocenters. The number of anilines is 2. The van der Waals surface area contributed by atoms with Crippen LogP contribution in [0.3, 0.4) is 0 Å². The normalized spacial score (nSPS) is 11.0. The average Bonchev–Trinajstić information content (AvgIpc) is 3.14. The van der Waals surface area contributed by atoms with Gasteiger partial charge in [0.05, 0.1) is 32.5 Å². The van der Waals surface area contributed by atoms with Crippen LogP contribution in [0.1, 0.15) is 30.1 Å². The van der Waals surface area contributed by atoms with Crippen LogP contribution < -0.4 is 5.32 Å². The van der Waals surface area contributed by atoms with E-state index in [2.05, 4.69) is 20.3 Å². The van der Waals surface area contributed by atoms with E-state index in [1.807, 2.05) is 27.7 Å². The summed E-state index contributed by atoms with van der Waals surface area (Å²) in [5.74, 6) is 0.320. The van der Waals surface area contributed by atoms with Crippen molar-refractivity contribution < 1.29 is 13.2 Å². The number of thiazole rings is 1. The second-order valence-electron chi connectivity index (χ2n) is 6.82. The maximum Gasteiger partial charge on any atom is 0.416 e. The first-order valence-electron chi connectivity index (χ1n) is 10.2. The maximum atomic E-state index is 12.9. The molecule has 0 spiro atoms. The highest BCUT2D eigenvalue weighted by Crippen LogP contribution is 2.34. The van der Waals surface area contributed by atoms with Crippen molar-refractivity contribution >= 4 is 34.6 Å². The van der Waals surface area contributed by atoms with Gasteiger partial charge in [-0.2, -0.15) is 13.2 Å². The van der Waals surface area contributed by atoms with Gasteiger partial charge in [-0.05, 0) is 56.3 Å². The Hall–Kier alpha value is -2.97. The Morgan fingerprint density at radius 1 is 0.848 bits per heavy atom. The van der Waals surface area contributed by atoms with Crippen molar-refractivity contribution in [2.45, 2.75) is 33.9 Å². The molecule has 0 radical (unpaired) electrons. The summed E-state index contributed by atoms with van der Waals surface area (Å²) >= 11 is 7.44. The largest absolute Gasteiger partial charge is 0.416 e. The SMILES string of the molecule is CC.Cc1nc(C)c(-c2cc(-c3ccc(C(F)(F)F)cc3)nc(Nc3ccc(Cl)cc3)n2)s1. The summed E-state index contributed by atoms with van der Waals surface area (Å²) in [5, 5.41) is 4.63. The van der Waals surface area contributed by atoms with Crippen LogP contribution in [-0.4, -0.2) is 15.0 Å². The van der Waals surface area contributed by atoms with E-state index in [0.717, 1.165) is 33.4 Å². The topological polar surface area (TPSA) is 50.7 Å². The van der Waals surface area contributed by atoms with E-state index in [1.165, 1.54) is 23.5 Å². The van der Waals surface area contributed by atoms with Crippen molar-refractivity contribution in [3.8, 4) is 21.8 Å². The number of nitrogens with zero attached hydrogens (tertiary/aromatic N) is 3. The van der Waals surface area contributed by atoms with Gasteiger partial charge in [-0.3, -0.25) is 0 Å². The van der Waals surface area contributed by atoms with Crippen LogP contribution in [0, 0.1) is 13.8 Å². The molecule has 0 bridgehead atoms. The Morgan fingerprint density at radius 3 is 2.00 bits per heavy atom. The molecule has 2 heterocycles. The average molecular weight is 491 g/mol. The first kappa shape index (κ1) is 24.7. The van der Waals surface area contributed by atoms with Crippen molar-refractivity contribution in [3.05, 3.63) is 75.9 Å². The monoisotopic (exact) mass is 490 g/mol. The summed E-state index contributed by atoms with van der Waals surface area (Å²) in [7, 11) is 0. The van der Waals surface area contributed by atoms with Gasteiger partial charge in [-0.1, -0.05) is 37.6 Å². The summed E-state index contributed by atoms with van der Waals surface area (Å²) in [5.41, 5.74) is 2.55. The lowest BCUT2D eigenvalue weighted by Crippen LogP contribution is -2.04. The maximum absolute atomic E-state index is 12.9. The van der Waals surface area contributed by atoms with E-state index < -0.39 is 11.7 Å². The second-order valence-corrected chi connectivity index (χ2v) is 8.46. The molecule has 2 aromatic carbocycles. The molecule has 4 nitrogen and oxygen atoms in total. The molecule has 33 heavy (non-hydrogen) atoms. The minimum absolute atomic E-state index is 0.320. The number of hydrogen-bond donors (Lipinski definition) is 1. The molecule has 4 rings (SSSR count). The molecule has 9 heteroatoms. The van der Waals surface area contributed by atoms with E-state index >= 15 is 0 Å². The van der Waals surface area contributed by atoms with E-state index in [9.17, 15) is 13.2 Å². The number of halogens is 4. The Morgan fingerprint density at radius 2 is 1.45 bits per heavy atom. The predicted molar refractivity (Wildman–Crippen MR) is 129 cm³/mol. The predicted octanol–water partition coefficient (Wildman–Crippen LogP) is 8.33. The minimum atomic E-state index is -4.39. The molecule has 1 N–H and O–H groups in total. The van der Waals surface area contributed by atoms with E-state index in [-0.39, 0.29) is 0 Å². The highest BCUT2D eigenvalue weighted by Gasteiger charge is 2.30. The van der Waals surface area contributed by atoms with Gasteiger partial charge in [0.25, 0.3) is 0 Å². The van der Waals surface area contributed by atoms with Crippen molar-refractivity contribution in [2.75, 3.05) is 5.32 Å². The standard InChI is InChI=1S/C22H16ClF3N4S.C2H6/c1-12-20(31-13(2)27-12)19-11-18(14-3-5-15(6-4-14)22(24,25)26)29-21(30-19)28-17-9-7-16(23)8-10-17;1-2/h3-11H,1-2H3,(H,28,29,30);1-2H3. The van der Waals surface area contributed by atoms with Crippen LogP contribution in [0.25, 0.3) is 21.8 Å². The molecular weight excluding hydrogens is 469 g/mol. The van der Waals surface area contributed by atoms with Gasteiger partial charge in [0, 0.05) is 16.3 Å². The quantitative estimate of drug-likeness (QED) is 0.312. The molecular formula is C24H22ClF3N4S. The van der Waals surface area contributed by atoms with E-state index in [1.54, 1.807) is 30.3 Å². The van der Waals surface area contributed by atoms with Crippen molar-refractivity contribution in [3.63, 3.8) is 0 Å². The van der Waals surface area contributed by atoms with Crippen molar-refractivity contribution in [1.82, 2.24) is 15.0 Å². The Bertz CT molecular complexity index is 1220. The number of rotatable bonds is 4. The van der Waals surface area contributed by atoms with Gasteiger partial charge in [-0.25, -0.2) is 15.0 Å². The van der Waals surface area contributed by atoms with Crippen molar-refractivity contribution in [1.29, 1.82) is 0 Å². The zero-order valence-corrected chi connectivity index (χ0v) is 20.0. The van der Waals surface area contributed by atoms with Crippen LogP contribution in [0.4, 0.5) is 24.8 Å².